The Morgan fingerprint density at radius 1 is 1.43 bits per heavy atom. The summed E-state index contributed by atoms with van der Waals surface area (Å²) < 4.78 is 1.84. The van der Waals surface area contributed by atoms with Crippen LogP contribution in [0.25, 0.3) is 0 Å². The number of rotatable bonds is 7. The molecule has 0 unspecified atom stereocenters. The molecule has 0 amide bonds. The van der Waals surface area contributed by atoms with Gasteiger partial charge < -0.3 is 10.2 Å². The number of hydrogen-bond acceptors (Lipinski definition) is 4. The van der Waals surface area contributed by atoms with Gasteiger partial charge in [0, 0.05) is 38.5 Å². The summed E-state index contributed by atoms with van der Waals surface area (Å²) in [6.45, 7) is 4.20. The zero-order chi connectivity index (χ0) is 16.8. The van der Waals surface area contributed by atoms with Crippen LogP contribution >= 0.6 is 23.6 Å². The van der Waals surface area contributed by atoms with Gasteiger partial charge >= 0.3 is 0 Å². The monoisotopic (exact) mass is 346 g/mol. The number of carbonyl (C=O) groups excluding carboxylic acids is 1. The number of ketones is 1. The number of thiocarbonyl (C=S) groups is 1. The minimum atomic E-state index is -0.556. The first kappa shape index (κ1) is 17.3. The van der Waals surface area contributed by atoms with Gasteiger partial charge in [0.2, 0.25) is 5.78 Å². The summed E-state index contributed by atoms with van der Waals surface area (Å²) in [6, 6.07) is 7.06. The predicted molar refractivity (Wildman–Crippen MR) is 99.4 cm³/mol. The Bertz CT molecular complexity index is 678. The second kappa shape index (κ2) is 7.99. The van der Waals surface area contributed by atoms with Gasteiger partial charge in [0.05, 0.1) is 4.88 Å². The van der Waals surface area contributed by atoms with E-state index < -0.39 is 6.04 Å². The van der Waals surface area contributed by atoms with Gasteiger partial charge in [0.25, 0.3) is 6.04 Å². The Morgan fingerprint density at radius 3 is 2.65 bits per heavy atom. The third-order valence-corrected chi connectivity index (χ3v) is 4.58. The maximum atomic E-state index is 12.9. The van der Waals surface area contributed by atoms with Crippen LogP contribution in [-0.4, -0.2) is 31.4 Å². The fourth-order valence-electron chi connectivity index (χ4n) is 2.11. The Kier molecular flexibility index (Phi) is 6.01. The minimum absolute atomic E-state index is 0.0100. The SMILES string of the molecule is C=CCNC(=S)[C@@H](C(=O)c1cccs1)[n+]1ccc(N(C)C)cc1. The van der Waals surface area contributed by atoms with E-state index in [0.717, 1.165) is 5.69 Å². The van der Waals surface area contributed by atoms with Crippen LogP contribution in [0.3, 0.4) is 0 Å². The molecule has 2 aromatic heterocycles. The summed E-state index contributed by atoms with van der Waals surface area (Å²) in [6.07, 6.45) is 5.49. The van der Waals surface area contributed by atoms with Crippen LogP contribution in [0, 0.1) is 0 Å². The first-order valence-corrected chi connectivity index (χ1v) is 8.48. The first-order chi connectivity index (χ1) is 11.0. The lowest BCUT2D eigenvalue weighted by Crippen LogP contribution is -2.51. The largest absolute Gasteiger partial charge is 0.377 e. The van der Waals surface area contributed by atoms with E-state index in [0.29, 0.717) is 16.4 Å². The number of pyridine rings is 1. The molecule has 0 saturated carbocycles. The first-order valence-electron chi connectivity index (χ1n) is 7.19. The van der Waals surface area contributed by atoms with Gasteiger partial charge in [-0.1, -0.05) is 24.4 Å². The molecule has 2 rings (SSSR count). The number of Topliss-reactive ketones (excluding diaryl/α,β-unsaturated/α-hetero) is 1. The molecule has 0 saturated heterocycles. The Morgan fingerprint density at radius 2 is 2.13 bits per heavy atom. The van der Waals surface area contributed by atoms with Crippen molar-refractivity contribution in [1.29, 1.82) is 0 Å². The maximum absolute atomic E-state index is 12.9. The van der Waals surface area contributed by atoms with E-state index in [4.69, 9.17) is 12.2 Å². The average Bonchev–Trinajstić information content (AvgIpc) is 3.08. The lowest BCUT2D eigenvalue weighted by atomic mass is 10.1. The molecule has 0 fully saturated rings. The molecule has 120 valence electrons. The van der Waals surface area contributed by atoms with Gasteiger partial charge in [0.1, 0.15) is 0 Å². The predicted octanol–water partition coefficient (Wildman–Crippen LogP) is 2.63. The van der Waals surface area contributed by atoms with Crippen LogP contribution in [0.5, 0.6) is 0 Å². The molecular weight excluding hydrogens is 326 g/mol. The van der Waals surface area contributed by atoms with Gasteiger partial charge in [-0.2, -0.15) is 4.57 Å². The van der Waals surface area contributed by atoms with Crippen molar-refractivity contribution in [3.8, 4) is 0 Å². The highest BCUT2D eigenvalue weighted by atomic mass is 32.1. The standard InChI is InChI=1S/C17H19N3OS2/c1-4-9-18-17(22)15(16(21)14-6-5-12-23-14)20-10-7-13(8-11-20)19(2)3/h4-8,10-12,15H,1,9H2,2-3H3/p+1/t15-/m1/s1. The van der Waals surface area contributed by atoms with E-state index in [1.165, 1.54) is 11.3 Å². The van der Waals surface area contributed by atoms with Crippen LogP contribution in [-0.2, 0) is 0 Å². The summed E-state index contributed by atoms with van der Waals surface area (Å²) in [7, 11) is 3.95. The molecule has 1 N–H and O–H groups in total. The second-order valence-corrected chi connectivity index (χ2v) is 6.56. The van der Waals surface area contributed by atoms with Crippen molar-refractivity contribution in [2.45, 2.75) is 6.04 Å². The van der Waals surface area contributed by atoms with Crippen LogP contribution in [0.15, 0.2) is 54.7 Å². The number of nitrogens with zero attached hydrogens (tertiary/aromatic N) is 2. The van der Waals surface area contributed by atoms with Crippen LogP contribution < -0.4 is 14.8 Å². The summed E-state index contributed by atoms with van der Waals surface area (Å²) in [5.74, 6) is -0.0100. The van der Waals surface area contributed by atoms with Crippen LogP contribution in [0.2, 0.25) is 0 Å². The maximum Gasteiger partial charge on any atom is 0.271 e. The molecule has 0 aliphatic carbocycles. The Balaban J connectivity index is 2.34. The van der Waals surface area contributed by atoms with Gasteiger partial charge in [-0.25, -0.2) is 0 Å². The van der Waals surface area contributed by atoms with Gasteiger partial charge in [0.15, 0.2) is 17.4 Å². The summed E-state index contributed by atoms with van der Waals surface area (Å²) >= 11 is 6.88. The van der Waals surface area contributed by atoms with E-state index in [1.54, 1.807) is 6.08 Å². The summed E-state index contributed by atoms with van der Waals surface area (Å²) in [5.41, 5.74) is 1.06. The lowest BCUT2D eigenvalue weighted by molar-refractivity contribution is -0.692. The molecule has 1 atom stereocenters. The molecule has 23 heavy (non-hydrogen) atoms. The number of hydrogen-bond donors (Lipinski definition) is 1. The molecule has 0 aliphatic rings. The van der Waals surface area contributed by atoms with E-state index in [2.05, 4.69) is 11.9 Å². The Labute approximate surface area is 146 Å². The average molecular weight is 347 g/mol. The number of carbonyl (C=O) groups is 1. The molecular formula is C17H20N3OS2+. The van der Waals surface area contributed by atoms with E-state index in [-0.39, 0.29) is 5.78 Å². The quantitative estimate of drug-likeness (QED) is 0.362. The van der Waals surface area contributed by atoms with Crippen molar-refractivity contribution in [3.05, 3.63) is 59.6 Å². The van der Waals surface area contributed by atoms with Crippen molar-refractivity contribution < 1.29 is 9.36 Å². The molecule has 0 bridgehead atoms. The van der Waals surface area contributed by atoms with Crippen molar-refractivity contribution >= 4 is 40.0 Å². The summed E-state index contributed by atoms with van der Waals surface area (Å²) in [5, 5.41) is 4.97. The van der Waals surface area contributed by atoms with Crippen LogP contribution in [0.4, 0.5) is 5.69 Å². The summed E-state index contributed by atoms with van der Waals surface area (Å²) in [4.78, 5) is 16.1. The smallest absolute Gasteiger partial charge is 0.271 e. The Hall–Kier alpha value is -2.05. The van der Waals surface area contributed by atoms with Crippen LogP contribution in [0.1, 0.15) is 15.7 Å². The number of nitrogens with one attached hydrogen (secondary N) is 1. The van der Waals surface area contributed by atoms with E-state index in [1.807, 2.05) is 65.6 Å². The highest BCUT2D eigenvalue weighted by molar-refractivity contribution is 7.80. The molecule has 4 nitrogen and oxygen atoms in total. The number of thiophene rings is 1. The number of anilines is 1. The number of aromatic nitrogens is 1. The highest BCUT2D eigenvalue weighted by Gasteiger charge is 2.33. The van der Waals surface area contributed by atoms with Crippen molar-refractivity contribution in [2.75, 3.05) is 25.5 Å². The van der Waals surface area contributed by atoms with Gasteiger partial charge in [-0.3, -0.25) is 4.79 Å². The molecule has 6 heteroatoms. The fourth-order valence-corrected chi connectivity index (χ4v) is 3.11. The molecule has 2 aromatic rings. The zero-order valence-corrected chi connectivity index (χ0v) is 14.9. The second-order valence-electron chi connectivity index (χ2n) is 5.18. The van der Waals surface area contributed by atoms with Crippen molar-refractivity contribution in [2.24, 2.45) is 0 Å². The lowest BCUT2D eigenvalue weighted by Gasteiger charge is -2.15. The van der Waals surface area contributed by atoms with Gasteiger partial charge in [-0.15, -0.1) is 17.9 Å². The highest BCUT2D eigenvalue weighted by Crippen LogP contribution is 2.17. The van der Waals surface area contributed by atoms with Crippen molar-refractivity contribution in [3.63, 3.8) is 0 Å². The topological polar surface area (TPSA) is 36.2 Å². The molecule has 0 aliphatic heterocycles. The van der Waals surface area contributed by atoms with Gasteiger partial charge in [-0.05, 0) is 11.4 Å². The van der Waals surface area contributed by atoms with Crippen molar-refractivity contribution in [1.82, 2.24) is 5.32 Å². The third-order valence-electron chi connectivity index (χ3n) is 3.33. The molecule has 0 spiro atoms. The molecule has 2 heterocycles. The minimum Gasteiger partial charge on any atom is -0.377 e. The van der Waals surface area contributed by atoms with E-state index in [9.17, 15) is 4.79 Å². The normalized spacial score (nSPS) is 11.6. The molecule has 0 aromatic carbocycles. The zero-order valence-electron chi connectivity index (χ0n) is 13.2. The molecule has 0 radical (unpaired) electrons. The van der Waals surface area contributed by atoms with E-state index >= 15 is 0 Å². The fraction of sp³-hybridized carbons (Fsp3) is 0.235. The third kappa shape index (κ3) is 4.24.